The molecule has 0 unspecified atom stereocenters. The third-order valence-electron chi connectivity index (χ3n) is 2.55. The Bertz CT molecular complexity index is 283. The fourth-order valence-corrected chi connectivity index (χ4v) is 1.44. The third-order valence-corrected chi connectivity index (χ3v) is 2.55. The lowest BCUT2D eigenvalue weighted by molar-refractivity contribution is -0.160. The van der Waals surface area contributed by atoms with Gasteiger partial charge in [0.15, 0.2) is 5.92 Å². The first kappa shape index (κ1) is 16.4. The molecule has 18 heavy (non-hydrogen) atoms. The van der Waals surface area contributed by atoms with Gasteiger partial charge in [0.1, 0.15) is 0 Å². The van der Waals surface area contributed by atoms with E-state index in [1.807, 2.05) is 0 Å². The van der Waals surface area contributed by atoms with Crippen molar-refractivity contribution < 1.29 is 28.6 Å². The second-order valence-corrected chi connectivity index (χ2v) is 3.83. The van der Waals surface area contributed by atoms with Crippen molar-refractivity contribution in [2.24, 2.45) is 11.8 Å². The van der Waals surface area contributed by atoms with Crippen LogP contribution in [0.2, 0.25) is 0 Å². The zero-order chi connectivity index (χ0) is 14.1. The summed E-state index contributed by atoms with van der Waals surface area (Å²) in [6.45, 7) is 3.71. The van der Waals surface area contributed by atoms with Gasteiger partial charge in [0, 0.05) is 0 Å². The van der Waals surface area contributed by atoms with Crippen molar-refractivity contribution in [3.05, 3.63) is 0 Å². The molecule has 104 valence electrons. The Labute approximate surface area is 107 Å². The highest BCUT2D eigenvalue weighted by Gasteiger charge is 2.29. The number of esters is 3. The molecule has 0 saturated carbocycles. The predicted octanol–water partition coefficient (Wildman–Crippen LogP) is 0.928. The van der Waals surface area contributed by atoms with Crippen LogP contribution in [0.4, 0.5) is 0 Å². The van der Waals surface area contributed by atoms with E-state index in [-0.39, 0.29) is 18.3 Å². The molecule has 0 aliphatic rings. The topological polar surface area (TPSA) is 78.9 Å². The molecule has 0 bridgehead atoms. The lowest BCUT2D eigenvalue weighted by atomic mass is 9.97. The van der Waals surface area contributed by atoms with Gasteiger partial charge in [-0.05, 0) is 19.8 Å². The summed E-state index contributed by atoms with van der Waals surface area (Å²) in [4.78, 5) is 34.1. The standard InChI is InChI=1S/C12H20O6/c1-5-18-10(13)8(2)6-7-9(11(14)16-3)12(15)17-4/h8-9H,5-7H2,1-4H3/t8-/m0/s1. The molecule has 0 radical (unpaired) electrons. The maximum absolute atomic E-state index is 11.4. The van der Waals surface area contributed by atoms with E-state index in [1.54, 1.807) is 13.8 Å². The lowest BCUT2D eigenvalue weighted by Gasteiger charge is -2.14. The lowest BCUT2D eigenvalue weighted by Crippen LogP contribution is -2.27. The molecule has 0 heterocycles. The first-order chi connectivity index (χ1) is 8.47. The Kier molecular flexibility index (Phi) is 7.74. The van der Waals surface area contributed by atoms with Gasteiger partial charge in [0.2, 0.25) is 0 Å². The molecule has 1 atom stereocenters. The second kappa shape index (κ2) is 8.49. The fraction of sp³-hybridized carbons (Fsp3) is 0.750. The van der Waals surface area contributed by atoms with Crippen molar-refractivity contribution >= 4 is 17.9 Å². The van der Waals surface area contributed by atoms with Crippen molar-refractivity contribution in [3.8, 4) is 0 Å². The molecule has 0 rings (SSSR count). The summed E-state index contributed by atoms with van der Waals surface area (Å²) in [5.74, 6) is -3.01. The van der Waals surface area contributed by atoms with E-state index < -0.39 is 17.9 Å². The first-order valence-electron chi connectivity index (χ1n) is 5.80. The summed E-state index contributed by atoms with van der Waals surface area (Å²) >= 11 is 0. The number of hydrogen-bond acceptors (Lipinski definition) is 6. The molecule has 0 aromatic heterocycles. The molecule has 0 spiro atoms. The Morgan fingerprint density at radius 1 is 0.944 bits per heavy atom. The summed E-state index contributed by atoms with van der Waals surface area (Å²) < 4.78 is 13.9. The van der Waals surface area contributed by atoms with Crippen molar-refractivity contribution in [2.45, 2.75) is 26.7 Å². The maximum Gasteiger partial charge on any atom is 0.320 e. The average Bonchev–Trinajstić information content (AvgIpc) is 2.37. The van der Waals surface area contributed by atoms with Crippen LogP contribution in [0.1, 0.15) is 26.7 Å². The van der Waals surface area contributed by atoms with E-state index in [1.165, 1.54) is 14.2 Å². The van der Waals surface area contributed by atoms with Crippen LogP contribution >= 0.6 is 0 Å². The zero-order valence-corrected chi connectivity index (χ0v) is 11.2. The smallest absolute Gasteiger partial charge is 0.320 e. The zero-order valence-electron chi connectivity index (χ0n) is 11.2. The highest BCUT2D eigenvalue weighted by atomic mass is 16.5. The number of carbonyl (C=O) groups excluding carboxylic acids is 3. The van der Waals surface area contributed by atoms with Crippen molar-refractivity contribution in [3.63, 3.8) is 0 Å². The second-order valence-electron chi connectivity index (χ2n) is 3.83. The van der Waals surface area contributed by atoms with Crippen molar-refractivity contribution in [1.82, 2.24) is 0 Å². The van der Waals surface area contributed by atoms with Gasteiger partial charge in [-0.3, -0.25) is 14.4 Å². The molecule has 0 amide bonds. The van der Waals surface area contributed by atoms with Crippen molar-refractivity contribution in [1.29, 1.82) is 0 Å². The Balaban J connectivity index is 4.39. The van der Waals surface area contributed by atoms with Gasteiger partial charge in [-0.25, -0.2) is 0 Å². The van der Waals surface area contributed by atoms with Gasteiger partial charge >= 0.3 is 17.9 Å². The molecular formula is C12H20O6. The Morgan fingerprint density at radius 2 is 1.44 bits per heavy atom. The van der Waals surface area contributed by atoms with Gasteiger partial charge in [0.25, 0.3) is 0 Å². The van der Waals surface area contributed by atoms with Crippen LogP contribution in [0.3, 0.4) is 0 Å². The van der Waals surface area contributed by atoms with E-state index in [0.29, 0.717) is 13.0 Å². The van der Waals surface area contributed by atoms with Crippen LogP contribution in [0.5, 0.6) is 0 Å². The van der Waals surface area contributed by atoms with Gasteiger partial charge in [-0.2, -0.15) is 0 Å². The average molecular weight is 260 g/mol. The molecular weight excluding hydrogens is 240 g/mol. The summed E-state index contributed by atoms with van der Waals surface area (Å²) in [7, 11) is 2.40. The monoisotopic (exact) mass is 260 g/mol. The van der Waals surface area contributed by atoms with Crippen LogP contribution in [-0.4, -0.2) is 38.7 Å². The van der Waals surface area contributed by atoms with Crippen LogP contribution < -0.4 is 0 Å². The van der Waals surface area contributed by atoms with E-state index in [9.17, 15) is 14.4 Å². The number of carbonyl (C=O) groups is 3. The molecule has 0 saturated heterocycles. The highest BCUT2D eigenvalue weighted by molar-refractivity contribution is 5.94. The number of hydrogen-bond donors (Lipinski definition) is 0. The fourth-order valence-electron chi connectivity index (χ4n) is 1.44. The molecule has 0 aliphatic heterocycles. The molecule has 0 aliphatic carbocycles. The van der Waals surface area contributed by atoms with Gasteiger partial charge < -0.3 is 14.2 Å². The number of rotatable bonds is 7. The van der Waals surface area contributed by atoms with Gasteiger partial charge in [-0.15, -0.1) is 0 Å². The number of methoxy groups -OCH3 is 2. The summed E-state index contributed by atoms with van der Waals surface area (Å²) in [5.41, 5.74) is 0. The van der Waals surface area contributed by atoms with Crippen LogP contribution in [0.25, 0.3) is 0 Å². The van der Waals surface area contributed by atoms with Crippen LogP contribution in [0.15, 0.2) is 0 Å². The van der Waals surface area contributed by atoms with Crippen molar-refractivity contribution in [2.75, 3.05) is 20.8 Å². The molecule has 0 fully saturated rings. The Morgan fingerprint density at radius 3 is 1.83 bits per heavy atom. The minimum atomic E-state index is -0.989. The normalized spacial score (nSPS) is 11.8. The summed E-state index contributed by atoms with van der Waals surface area (Å²) in [6, 6.07) is 0. The minimum Gasteiger partial charge on any atom is -0.468 e. The third kappa shape index (κ3) is 5.16. The van der Waals surface area contributed by atoms with E-state index in [2.05, 4.69) is 9.47 Å². The van der Waals surface area contributed by atoms with Crippen LogP contribution in [-0.2, 0) is 28.6 Å². The van der Waals surface area contributed by atoms with E-state index >= 15 is 0 Å². The molecule has 0 aromatic rings. The molecule has 0 aromatic carbocycles. The summed E-state index contributed by atoms with van der Waals surface area (Å²) in [6.07, 6.45) is 0.549. The quantitative estimate of drug-likeness (QED) is 0.385. The highest BCUT2D eigenvalue weighted by Crippen LogP contribution is 2.16. The molecule has 0 N–H and O–H groups in total. The van der Waals surface area contributed by atoms with Crippen LogP contribution in [0, 0.1) is 11.8 Å². The maximum atomic E-state index is 11.4. The summed E-state index contributed by atoms with van der Waals surface area (Å²) in [5, 5.41) is 0. The predicted molar refractivity (Wildman–Crippen MR) is 62.6 cm³/mol. The minimum absolute atomic E-state index is 0.194. The Hall–Kier alpha value is -1.59. The SMILES string of the molecule is CCOC(=O)[C@@H](C)CCC(C(=O)OC)C(=O)OC. The largest absolute Gasteiger partial charge is 0.468 e. The molecule has 6 heteroatoms. The first-order valence-corrected chi connectivity index (χ1v) is 5.80. The molecule has 6 nitrogen and oxygen atoms in total. The number of ether oxygens (including phenoxy) is 3. The van der Waals surface area contributed by atoms with Gasteiger partial charge in [-0.1, -0.05) is 6.92 Å². The van der Waals surface area contributed by atoms with E-state index in [4.69, 9.17) is 4.74 Å². The van der Waals surface area contributed by atoms with E-state index in [0.717, 1.165) is 0 Å². The van der Waals surface area contributed by atoms with Gasteiger partial charge in [0.05, 0.1) is 26.7 Å².